The van der Waals surface area contributed by atoms with Crippen LogP contribution in [0.3, 0.4) is 0 Å². The van der Waals surface area contributed by atoms with E-state index in [0.717, 1.165) is 22.7 Å². The molecule has 2 fully saturated rings. The van der Waals surface area contributed by atoms with Crippen LogP contribution < -0.4 is 9.80 Å². The van der Waals surface area contributed by atoms with Crippen LogP contribution in [-0.4, -0.2) is 4.57 Å². The van der Waals surface area contributed by atoms with Crippen LogP contribution in [0.1, 0.15) is 99.3 Å². The maximum absolute atomic E-state index is 2.60. The highest BCUT2D eigenvalue weighted by Gasteiger charge is 2.42. The molecule has 76 heavy (non-hydrogen) atoms. The SMILES string of the molecule is CC1(C)c2ccccc2-c2c(N(c3cccc(-c4ccccc4)c3)c3cccc(C4CCCC4)c3)cc3c4cc(N(c5cccc(-c6ccccc6)c5)c5cccc(C6CCCC6)c5)ccc4n(-c4ccccc4)c3c21. The van der Waals surface area contributed by atoms with Crippen LogP contribution in [0.2, 0.25) is 0 Å². The summed E-state index contributed by atoms with van der Waals surface area (Å²) in [5, 5.41) is 2.46. The summed E-state index contributed by atoms with van der Waals surface area (Å²) >= 11 is 0. The molecule has 10 aromatic carbocycles. The van der Waals surface area contributed by atoms with Crippen LogP contribution in [0.4, 0.5) is 34.1 Å². The zero-order valence-corrected chi connectivity index (χ0v) is 43.7. The fourth-order valence-electron chi connectivity index (χ4n) is 13.7. The Kier molecular flexibility index (Phi) is 11.6. The van der Waals surface area contributed by atoms with E-state index < -0.39 is 0 Å². The van der Waals surface area contributed by atoms with Gasteiger partial charge in [-0.2, -0.15) is 0 Å². The Labute approximate surface area is 448 Å². The molecule has 2 saturated carbocycles. The molecule has 3 heteroatoms. The van der Waals surface area contributed by atoms with Crippen molar-refractivity contribution < 1.29 is 0 Å². The smallest absolute Gasteiger partial charge is 0.0589 e. The molecular weight excluding hydrogens is 919 g/mol. The number of aromatic nitrogens is 1. The zero-order chi connectivity index (χ0) is 50.7. The Morgan fingerprint density at radius 3 is 1.46 bits per heavy atom. The Morgan fingerprint density at radius 2 is 0.868 bits per heavy atom. The molecule has 1 aromatic heterocycles. The molecule has 370 valence electrons. The largest absolute Gasteiger partial charge is 0.310 e. The number of fused-ring (bicyclic) bond motifs is 7. The second kappa shape index (κ2) is 19.1. The predicted octanol–water partition coefficient (Wildman–Crippen LogP) is 20.7. The Bertz CT molecular complexity index is 3930. The summed E-state index contributed by atoms with van der Waals surface area (Å²) in [6.45, 7) is 4.92. The van der Waals surface area contributed by atoms with Crippen LogP contribution in [-0.2, 0) is 5.41 Å². The van der Waals surface area contributed by atoms with Crippen molar-refractivity contribution in [2.24, 2.45) is 0 Å². The van der Waals surface area contributed by atoms with Gasteiger partial charge in [0.15, 0.2) is 0 Å². The van der Waals surface area contributed by atoms with E-state index in [0.29, 0.717) is 11.8 Å². The fourth-order valence-corrected chi connectivity index (χ4v) is 13.7. The molecule has 3 nitrogen and oxygen atoms in total. The van der Waals surface area contributed by atoms with Gasteiger partial charge in [0.05, 0.1) is 16.7 Å². The summed E-state index contributed by atoms with van der Waals surface area (Å²) in [5.74, 6) is 1.16. The third kappa shape index (κ3) is 7.95. The average Bonchev–Trinajstić information content (AvgIpc) is 4.51. The van der Waals surface area contributed by atoms with Gasteiger partial charge < -0.3 is 14.4 Å². The number of nitrogens with zero attached hydrogens (tertiary/aromatic N) is 3. The minimum Gasteiger partial charge on any atom is -0.310 e. The van der Waals surface area contributed by atoms with Gasteiger partial charge in [-0.15, -0.1) is 0 Å². The lowest BCUT2D eigenvalue weighted by atomic mass is 9.81. The summed E-state index contributed by atoms with van der Waals surface area (Å²) in [4.78, 5) is 5.12. The number of anilines is 6. The van der Waals surface area contributed by atoms with E-state index in [4.69, 9.17) is 0 Å². The monoisotopic (exact) mass is 982 g/mol. The van der Waals surface area contributed by atoms with Crippen molar-refractivity contribution in [3.63, 3.8) is 0 Å². The second-order valence-electron chi connectivity index (χ2n) is 22.2. The van der Waals surface area contributed by atoms with Crippen LogP contribution >= 0.6 is 0 Å². The first kappa shape index (κ1) is 46.2. The number of hydrogen-bond acceptors (Lipinski definition) is 2. The molecular formula is C73H63N3. The first-order valence-corrected chi connectivity index (χ1v) is 27.9. The quantitative estimate of drug-likeness (QED) is 0.128. The molecule has 0 N–H and O–H groups in total. The summed E-state index contributed by atoms with van der Waals surface area (Å²) in [6.07, 6.45) is 10.2. The van der Waals surface area contributed by atoms with Gasteiger partial charge in [-0.05, 0) is 173 Å². The highest BCUT2D eigenvalue weighted by Crippen LogP contribution is 2.59. The van der Waals surface area contributed by atoms with Crippen LogP contribution in [0.5, 0.6) is 0 Å². The van der Waals surface area contributed by atoms with Crippen molar-refractivity contribution in [2.75, 3.05) is 9.80 Å². The van der Waals surface area contributed by atoms with Crippen molar-refractivity contribution in [3.05, 3.63) is 259 Å². The number of hydrogen-bond donors (Lipinski definition) is 0. The maximum atomic E-state index is 2.60. The van der Waals surface area contributed by atoms with Gasteiger partial charge in [0, 0.05) is 55.9 Å². The molecule has 14 rings (SSSR count). The molecule has 0 spiro atoms. The predicted molar refractivity (Wildman–Crippen MR) is 321 cm³/mol. The average molecular weight is 982 g/mol. The van der Waals surface area contributed by atoms with E-state index in [1.165, 1.54) is 146 Å². The summed E-state index contributed by atoms with van der Waals surface area (Å²) < 4.78 is 2.58. The van der Waals surface area contributed by atoms with Gasteiger partial charge in [0.25, 0.3) is 0 Å². The van der Waals surface area contributed by atoms with E-state index in [9.17, 15) is 0 Å². The third-order valence-corrected chi connectivity index (χ3v) is 17.4. The number of para-hydroxylation sites is 1. The van der Waals surface area contributed by atoms with E-state index in [1.807, 2.05) is 0 Å². The maximum Gasteiger partial charge on any atom is 0.0589 e. The van der Waals surface area contributed by atoms with Gasteiger partial charge >= 0.3 is 0 Å². The Balaban J connectivity index is 1.07. The molecule has 3 aliphatic carbocycles. The lowest BCUT2D eigenvalue weighted by Crippen LogP contribution is -2.18. The topological polar surface area (TPSA) is 11.4 Å². The third-order valence-electron chi connectivity index (χ3n) is 17.4. The fraction of sp³-hybridized carbons (Fsp3) is 0.178. The second-order valence-corrected chi connectivity index (χ2v) is 22.2. The Hall–Kier alpha value is -8.40. The van der Waals surface area contributed by atoms with Gasteiger partial charge in [0.1, 0.15) is 0 Å². The number of rotatable bonds is 11. The minimum atomic E-state index is -0.336. The lowest BCUT2D eigenvalue weighted by Gasteiger charge is -2.31. The molecule has 0 atom stereocenters. The molecule has 0 saturated heterocycles. The molecule has 0 amide bonds. The normalized spacial score (nSPS) is 15.1. The molecule has 0 unspecified atom stereocenters. The zero-order valence-electron chi connectivity index (χ0n) is 43.7. The van der Waals surface area contributed by atoms with Gasteiger partial charge in [0.2, 0.25) is 0 Å². The van der Waals surface area contributed by atoms with E-state index in [-0.39, 0.29) is 5.41 Å². The lowest BCUT2D eigenvalue weighted by molar-refractivity contribution is 0.664. The van der Waals surface area contributed by atoms with E-state index in [1.54, 1.807) is 0 Å². The standard InChI is InChI=1S/C73H63N3/c1-73(2)67-41-17-16-40-64(67)70-69(75(62-39-21-33-57(47-62)53-28-14-15-29-53)61-38-20-32-56(46-61)51-24-8-4-9-25-51)49-66-65-48-63(42-43-68(65)76(72(66)71(70)73)58-34-10-5-11-35-58)74(60-37-19-31-55(45-60)52-26-12-13-27-52)59-36-18-30-54(44-59)50-22-6-3-7-23-50/h3-11,16-25,30-49,52-53H,12-15,26-29H2,1-2H3. The molecule has 0 aliphatic heterocycles. The summed E-state index contributed by atoms with van der Waals surface area (Å²) in [5.41, 5.74) is 23.3. The van der Waals surface area contributed by atoms with Crippen molar-refractivity contribution in [1.29, 1.82) is 0 Å². The molecule has 0 radical (unpaired) electrons. The molecule has 11 aromatic rings. The first-order chi connectivity index (χ1) is 37.5. The van der Waals surface area contributed by atoms with Crippen LogP contribution in [0.15, 0.2) is 237 Å². The highest BCUT2D eigenvalue weighted by atomic mass is 15.2. The highest BCUT2D eigenvalue weighted by molar-refractivity contribution is 6.17. The van der Waals surface area contributed by atoms with Crippen LogP contribution in [0, 0.1) is 0 Å². The van der Waals surface area contributed by atoms with E-state index >= 15 is 0 Å². The van der Waals surface area contributed by atoms with Crippen LogP contribution in [0.25, 0.3) is 60.9 Å². The van der Waals surface area contributed by atoms with Gasteiger partial charge in [-0.25, -0.2) is 0 Å². The number of benzene rings is 10. The summed E-state index contributed by atoms with van der Waals surface area (Å²) in [6, 6.07) is 89.2. The molecule has 1 heterocycles. The van der Waals surface area contributed by atoms with E-state index in [2.05, 4.69) is 265 Å². The van der Waals surface area contributed by atoms with Crippen molar-refractivity contribution in [3.8, 4) is 39.1 Å². The Morgan fingerprint density at radius 1 is 0.395 bits per heavy atom. The van der Waals surface area contributed by atoms with Gasteiger partial charge in [-0.3, -0.25) is 0 Å². The molecule has 0 bridgehead atoms. The van der Waals surface area contributed by atoms with Crippen molar-refractivity contribution in [2.45, 2.75) is 82.5 Å². The molecule has 3 aliphatic rings. The van der Waals surface area contributed by atoms with Crippen molar-refractivity contribution >= 4 is 55.9 Å². The summed E-state index contributed by atoms with van der Waals surface area (Å²) in [7, 11) is 0. The van der Waals surface area contributed by atoms with Crippen molar-refractivity contribution in [1.82, 2.24) is 4.57 Å². The van der Waals surface area contributed by atoms with Gasteiger partial charge in [-0.1, -0.05) is 191 Å². The first-order valence-electron chi connectivity index (χ1n) is 27.9. The minimum absolute atomic E-state index is 0.336.